The van der Waals surface area contributed by atoms with E-state index >= 15 is 0 Å². The fraction of sp³-hybridized carbons (Fsp3) is 0.312. The molecule has 0 aromatic heterocycles. The van der Waals surface area contributed by atoms with Gasteiger partial charge in [-0.15, -0.1) is 12.3 Å². The topological polar surface area (TPSA) is 95.5 Å². The Morgan fingerprint density at radius 1 is 1.26 bits per heavy atom. The third kappa shape index (κ3) is 5.79. The van der Waals surface area contributed by atoms with Gasteiger partial charge in [0.05, 0.1) is 0 Å². The molecule has 23 heavy (non-hydrogen) atoms. The Bertz CT molecular complexity index is 639. The lowest BCUT2D eigenvalue weighted by Gasteiger charge is -2.20. The van der Waals surface area contributed by atoms with Crippen molar-refractivity contribution < 1.29 is 23.9 Å². The predicted octanol–water partition coefficient (Wildman–Crippen LogP) is 0.466. The molecule has 6 nitrogen and oxygen atoms in total. The summed E-state index contributed by atoms with van der Waals surface area (Å²) in [5.41, 5.74) is 0.227. The second-order valence-electron chi connectivity index (χ2n) is 4.86. The molecule has 0 aliphatic carbocycles. The van der Waals surface area contributed by atoms with Crippen LogP contribution in [-0.4, -0.2) is 35.0 Å². The van der Waals surface area contributed by atoms with Crippen LogP contribution in [0.1, 0.15) is 18.9 Å². The summed E-state index contributed by atoms with van der Waals surface area (Å²) in [6.07, 6.45) is 4.75. The number of rotatable bonds is 7. The standard InChI is InChI=1S/C16H17FN2O4/c1-3-6-13(16(22)23)19-15(21)14(18-10(2)20)9-11-7-4-5-8-12(11)17/h1,4-5,7-8,13-14H,6,9H2,2H3,(H,18,20)(H,19,21)(H,22,23)/t13-,14-/m1/s1. The smallest absolute Gasteiger partial charge is 0.327 e. The third-order valence-corrected chi connectivity index (χ3v) is 3.01. The van der Waals surface area contributed by atoms with E-state index in [9.17, 15) is 18.8 Å². The van der Waals surface area contributed by atoms with Crippen LogP contribution in [0.3, 0.4) is 0 Å². The molecular weight excluding hydrogens is 303 g/mol. The van der Waals surface area contributed by atoms with E-state index in [0.29, 0.717) is 0 Å². The van der Waals surface area contributed by atoms with Gasteiger partial charge in [0.2, 0.25) is 11.8 Å². The van der Waals surface area contributed by atoms with Crippen molar-refractivity contribution in [2.45, 2.75) is 31.8 Å². The van der Waals surface area contributed by atoms with Crippen molar-refractivity contribution in [2.24, 2.45) is 0 Å². The van der Waals surface area contributed by atoms with Gasteiger partial charge in [0.25, 0.3) is 0 Å². The first kappa shape index (κ1) is 18.2. The summed E-state index contributed by atoms with van der Waals surface area (Å²) in [6.45, 7) is 1.21. The maximum atomic E-state index is 13.7. The highest BCUT2D eigenvalue weighted by Gasteiger charge is 2.26. The van der Waals surface area contributed by atoms with Gasteiger partial charge < -0.3 is 15.7 Å². The summed E-state index contributed by atoms with van der Waals surface area (Å²) in [5, 5.41) is 13.6. The molecular formula is C16H17FN2O4. The minimum absolute atomic E-state index is 0.111. The molecule has 122 valence electrons. The first-order valence-corrected chi connectivity index (χ1v) is 6.82. The van der Waals surface area contributed by atoms with Crippen LogP contribution < -0.4 is 10.6 Å². The van der Waals surface area contributed by atoms with Crippen molar-refractivity contribution >= 4 is 17.8 Å². The largest absolute Gasteiger partial charge is 0.480 e. The predicted molar refractivity (Wildman–Crippen MR) is 80.7 cm³/mol. The molecule has 0 saturated heterocycles. The molecule has 1 aromatic carbocycles. The number of terminal acetylenes is 1. The lowest BCUT2D eigenvalue weighted by molar-refractivity contribution is -0.142. The number of carboxylic acids is 1. The van der Waals surface area contributed by atoms with Gasteiger partial charge in [-0.25, -0.2) is 9.18 Å². The van der Waals surface area contributed by atoms with E-state index < -0.39 is 35.7 Å². The van der Waals surface area contributed by atoms with Crippen LogP contribution >= 0.6 is 0 Å². The molecule has 0 saturated carbocycles. The van der Waals surface area contributed by atoms with E-state index in [1.165, 1.54) is 25.1 Å². The lowest BCUT2D eigenvalue weighted by Crippen LogP contribution is -2.52. The van der Waals surface area contributed by atoms with Crippen LogP contribution in [-0.2, 0) is 20.8 Å². The Hall–Kier alpha value is -2.88. The number of nitrogens with one attached hydrogen (secondary N) is 2. The molecule has 0 bridgehead atoms. The number of aliphatic carboxylic acids is 1. The molecule has 0 heterocycles. The van der Waals surface area contributed by atoms with E-state index in [-0.39, 0.29) is 18.4 Å². The molecule has 1 aromatic rings. The maximum Gasteiger partial charge on any atom is 0.327 e. The summed E-state index contributed by atoms with van der Waals surface area (Å²) in [7, 11) is 0. The molecule has 0 aliphatic rings. The van der Waals surface area contributed by atoms with Crippen LogP contribution in [0, 0.1) is 18.2 Å². The van der Waals surface area contributed by atoms with Crippen LogP contribution in [0.2, 0.25) is 0 Å². The van der Waals surface area contributed by atoms with Gasteiger partial charge in [0.1, 0.15) is 17.9 Å². The van der Waals surface area contributed by atoms with Crippen LogP contribution in [0.4, 0.5) is 4.39 Å². The SMILES string of the molecule is C#CC[C@@H](NC(=O)[C@@H](Cc1ccccc1F)NC(C)=O)C(=O)O. The summed E-state index contributed by atoms with van der Waals surface area (Å²) in [5.74, 6) is -0.897. The highest BCUT2D eigenvalue weighted by Crippen LogP contribution is 2.10. The minimum atomic E-state index is -1.29. The first-order chi connectivity index (χ1) is 10.8. The average Bonchev–Trinajstić information content (AvgIpc) is 2.47. The number of halogens is 1. The van der Waals surface area contributed by atoms with Gasteiger partial charge in [-0.2, -0.15) is 0 Å². The van der Waals surface area contributed by atoms with Crippen LogP contribution in [0.15, 0.2) is 24.3 Å². The Morgan fingerprint density at radius 2 is 1.91 bits per heavy atom. The van der Waals surface area contributed by atoms with Crippen LogP contribution in [0.25, 0.3) is 0 Å². The summed E-state index contributed by atoms with van der Waals surface area (Å²) >= 11 is 0. The Morgan fingerprint density at radius 3 is 2.43 bits per heavy atom. The molecule has 2 amide bonds. The van der Waals surface area contributed by atoms with Crippen molar-refractivity contribution in [2.75, 3.05) is 0 Å². The summed E-state index contributed by atoms with van der Waals surface area (Å²) in [4.78, 5) is 34.5. The quantitative estimate of drug-likeness (QED) is 0.636. The molecule has 7 heteroatoms. The van der Waals surface area contributed by atoms with Gasteiger partial charge in [-0.05, 0) is 11.6 Å². The van der Waals surface area contributed by atoms with Gasteiger partial charge in [-0.3, -0.25) is 9.59 Å². The van der Waals surface area contributed by atoms with E-state index in [4.69, 9.17) is 11.5 Å². The zero-order valence-corrected chi connectivity index (χ0v) is 12.5. The zero-order chi connectivity index (χ0) is 17.4. The molecule has 0 radical (unpaired) electrons. The highest BCUT2D eigenvalue weighted by atomic mass is 19.1. The Balaban J connectivity index is 2.90. The number of hydrogen-bond acceptors (Lipinski definition) is 3. The number of carbonyl (C=O) groups excluding carboxylic acids is 2. The van der Waals surface area contributed by atoms with Crippen LogP contribution in [0.5, 0.6) is 0 Å². The van der Waals surface area contributed by atoms with E-state index in [1.807, 2.05) is 0 Å². The van der Waals surface area contributed by atoms with Crippen molar-refractivity contribution in [3.8, 4) is 12.3 Å². The Kier molecular flexibility index (Phi) is 6.74. The van der Waals surface area contributed by atoms with Crippen molar-refractivity contribution in [3.63, 3.8) is 0 Å². The molecule has 0 unspecified atom stereocenters. The second kappa shape index (κ2) is 8.54. The van der Waals surface area contributed by atoms with Crippen molar-refractivity contribution in [1.82, 2.24) is 10.6 Å². The van der Waals surface area contributed by atoms with E-state index in [0.717, 1.165) is 0 Å². The summed E-state index contributed by atoms with van der Waals surface area (Å²) < 4.78 is 13.7. The number of amides is 2. The third-order valence-electron chi connectivity index (χ3n) is 3.01. The Labute approximate surface area is 133 Å². The van der Waals surface area contributed by atoms with Gasteiger partial charge in [0, 0.05) is 19.8 Å². The molecule has 0 aliphatic heterocycles. The van der Waals surface area contributed by atoms with E-state index in [2.05, 4.69) is 16.6 Å². The fourth-order valence-corrected chi connectivity index (χ4v) is 1.93. The fourth-order valence-electron chi connectivity index (χ4n) is 1.93. The average molecular weight is 320 g/mol. The number of benzene rings is 1. The maximum absolute atomic E-state index is 13.7. The van der Waals surface area contributed by atoms with Gasteiger partial charge in [0.15, 0.2) is 0 Å². The molecule has 0 fully saturated rings. The van der Waals surface area contributed by atoms with Crippen molar-refractivity contribution in [1.29, 1.82) is 0 Å². The minimum Gasteiger partial charge on any atom is -0.480 e. The number of carbonyl (C=O) groups is 3. The first-order valence-electron chi connectivity index (χ1n) is 6.82. The number of hydrogen-bond donors (Lipinski definition) is 3. The summed E-state index contributed by atoms with van der Waals surface area (Å²) in [6, 6.07) is 3.43. The normalized spacial score (nSPS) is 12.6. The zero-order valence-electron chi connectivity index (χ0n) is 12.5. The molecule has 0 spiro atoms. The molecule has 3 N–H and O–H groups in total. The van der Waals surface area contributed by atoms with Gasteiger partial charge in [-0.1, -0.05) is 18.2 Å². The van der Waals surface area contributed by atoms with Crippen molar-refractivity contribution in [3.05, 3.63) is 35.6 Å². The molecule has 2 atom stereocenters. The monoisotopic (exact) mass is 320 g/mol. The van der Waals surface area contributed by atoms with Gasteiger partial charge >= 0.3 is 5.97 Å². The highest BCUT2D eigenvalue weighted by molar-refractivity contribution is 5.90. The lowest BCUT2D eigenvalue weighted by atomic mass is 10.0. The number of carboxylic acid groups (broad SMARTS) is 1. The molecule has 1 rings (SSSR count). The second-order valence-corrected chi connectivity index (χ2v) is 4.86. The van der Waals surface area contributed by atoms with E-state index in [1.54, 1.807) is 6.07 Å².